The molecular formula is C19H24FN3O2. The molecule has 1 aromatic carbocycles. The average Bonchev–Trinajstić information content (AvgIpc) is 2.98. The van der Waals surface area contributed by atoms with Crippen molar-refractivity contribution >= 4 is 5.91 Å². The molecule has 1 amide bonds. The summed E-state index contributed by atoms with van der Waals surface area (Å²) in [7, 11) is 1.40. The number of aromatic nitrogens is 2. The summed E-state index contributed by atoms with van der Waals surface area (Å²) in [6.45, 7) is 7.10. The molecule has 2 aromatic rings. The third-order valence-electron chi connectivity index (χ3n) is 4.51. The topological polar surface area (TPSA) is 56.1 Å². The number of aryl methyl sites for hydroxylation is 1. The molecule has 3 rings (SSSR count). The van der Waals surface area contributed by atoms with Crippen molar-refractivity contribution in [2.24, 2.45) is 0 Å². The quantitative estimate of drug-likeness (QED) is 0.930. The van der Waals surface area contributed by atoms with Crippen molar-refractivity contribution in [2.75, 3.05) is 7.11 Å². The van der Waals surface area contributed by atoms with Gasteiger partial charge in [0.1, 0.15) is 5.82 Å². The number of hydrogen-bond donors (Lipinski definition) is 1. The highest BCUT2D eigenvalue weighted by Gasteiger charge is 2.25. The molecule has 6 heteroatoms. The number of hydrogen-bond acceptors (Lipinski definition) is 3. The van der Waals surface area contributed by atoms with Crippen LogP contribution in [0.2, 0.25) is 0 Å². The SMILES string of the molecule is COc1ccc(C(=O)N[C@@H]2CCc3nc(C(C)(C)C)cn3C2)cc1F. The zero-order chi connectivity index (χ0) is 18.2. The van der Waals surface area contributed by atoms with Crippen molar-refractivity contribution in [1.29, 1.82) is 0 Å². The second kappa shape index (κ2) is 6.50. The summed E-state index contributed by atoms with van der Waals surface area (Å²) in [5.41, 5.74) is 1.36. The molecule has 0 radical (unpaired) electrons. The number of rotatable bonds is 3. The lowest BCUT2D eigenvalue weighted by molar-refractivity contribution is 0.0927. The summed E-state index contributed by atoms with van der Waals surface area (Å²) in [6.07, 6.45) is 3.71. The van der Waals surface area contributed by atoms with E-state index < -0.39 is 5.82 Å². The van der Waals surface area contributed by atoms with Crippen LogP contribution in [0.25, 0.3) is 0 Å². The first-order chi connectivity index (χ1) is 11.8. The van der Waals surface area contributed by atoms with Gasteiger partial charge >= 0.3 is 0 Å². The summed E-state index contributed by atoms with van der Waals surface area (Å²) < 4.78 is 20.8. The zero-order valence-corrected chi connectivity index (χ0v) is 15.1. The van der Waals surface area contributed by atoms with Crippen LogP contribution in [0.4, 0.5) is 4.39 Å². The van der Waals surface area contributed by atoms with E-state index in [0.29, 0.717) is 12.1 Å². The van der Waals surface area contributed by atoms with Crippen molar-refractivity contribution in [2.45, 2.75) is 51.6 Å². The largest absolute Gasteiger partial charge is 0.494 e. The molecule has 0 saturated heterocycles. The first kappa shape index (κ1) is 17.5. The summed E-state index contributed by atoms with van der Waals surface area (Å²) in [5.74, 6) is 0.384. The predicted molar refractivity (Wildman–Crippen MR) is 93.5 cm³/mol. The summed E-state index contributed by atoms with van der Waals surface area (Å²) >= 11 is 0. The van der Waals surface area contributed by atoms with E-state index in [4.69, 9.17) is 9.72 Å². The molecular weight excluding hydrogens is 321 g/mol. The number of halogens is 1. The number of amides is 1. The van der Waals surface area contributed by atoms with Gasteiger partial charge in [0.2, 0.25) is 0 Å². The highest BCUT2D eigenvalue weighted by molar-refractivity contribution is 5.94. The maximum Gasteiger partial charge on any atom is 0.251 e. The van der Waals surface area contributed by atoms with Gasteiger partial charge < -0.3 is 14.6 Å². The van der Waals surface area contributed by atoms with Gasteiger partial charge in [-0.1, -0.05) is 20.8 Å². The van der Waals surface area contributed by atoms with Gasteiger partial charge in [-0.3, -0.25) is 4.79 Å². The molecule has 0 aliphatic carbocycles. The van der Waals surface area contributed by atoms with E-state index in [1.165, 1.54) is 19.2 Å². The van der Waals surface area contributed by atoms with Crippen LogP contribution in [0.1, 0.15) is 49.1 Å². The first-order valence-corrected chi connectivity index (χ1v) is 8.49. The summed E-state index contributed by atoms with van der Waals surface area (Å²) in [6, 6.07) is 4.25. The van der Waals surface area contributed by atoms with E-state index in [1.54, 1.807) is 6.07 Å². The second-order valence-corrected chi connectivity index (χ2v) is 7.50. The molecule has 1 aromatic heterocycles. The van der Waals surface area contributed by atoms with Gasteiger partial charge in [-0.2, -0.15) is 0 Å². The van der Waals surface area contributed by atoms with Gasteiger partial charge in [-0.15, -0.1) is 0 Å². The van der Waals surface area contributed by atoms with Crippen LogP contribution in [0.15, 0.2) is 24.4 Å². The van der Waals surface area contributed by atoms with Crippen LogP contribution >= 0.6 is 0 Å². The Kier molecular flexibility index (Phi) is 4.54. The van der Waals surface area contributed by atoms with Crippen molar-refractivity contribution in [3.8, 4) is 5.75 Å². The van der Waals surface area contributed by atoms with Crippen LogP contribution in [-0.2, 0) is 18.4 Å². The number of methoxy groups -OCH3 is 1. The van der Waals surface area contributed by atoms with E-state index >= 15 is 0 Å². The minimum absolute atomic E-state index is 0.00368. The van der Waals surface area contributed by atoms with Crippen molar-refractivity contribution < 1.29 is 13.9 Å². The molecule has 1 aliphatic rings. The molecule has 0 bridgehead atoms. The van der Waals surface area contributed by atoms with Gasteiger partial charge in [0.25, 0.3) is 5.91 Å². The number of carbonyl (C=O) groups is 1. The minimum atomic E-state index is -0.537. The Morgan fingerprint density at radius 1 is 1.40 bits per heavy atom. The van der Waals surface area contributed by atoms with Gasteiger partial charge in [-0.05, 0) is 24.6 Å². The van der Waals surface area contributed by atoms with Crippen molar-refractivity contribution in [3.05, 3.63) is 47.3 Å². The van der Waals surface area contributed by atoms with Crippen LogP contribution < -0.4 is 10.1 Å². The number of carbonyl (C=O) groups excluding carboxylic acids is 1. The fourth-order valence-electron chi connectivity index (χ4n) is 3.00. The molecule has 0 saturated carbocycles. The predicted octanol–water partition coefficient (Wildman–Crippen LogP) is 3.07. The molecule has 134 valence electrons. The standard InChI is InChI=1S/C19H24FN3O2/c1-19(2,3)16-11-23-10-13(6-8-17(23)22-16)21-18(24)12-5-7-15(25-4)14(20)9-12/h5,7,9,11,13H,6,8,10H2,1-4H3,(H,21,24)/t13-/m1/s1. The number of nitrogens with zero attached hydrogens (tertiary/aromatic N) is 2. The van der Waals surface area contributed by atoms with E-state index in [1.807, 2.05) is 0 Å². The lowest BCUT2D eigenvalue weighted by Gasteiger charge is -2.24. The zero-order valence-electron chi connectivity index (χ0n) is 15.1. The molecule has 2 heterocycles. The second-order valence-electron chi connectivity index (χ2n) is 7.50. The Labute approximate surface area is 147 Å². The molecule has 1 atom stereocenters. The Balaban J connectivity index is 1.69. The third kappa shape index (κ3) is 3.67. The molecule has 0 fully saturated rings. The molecule has 1 aliphatic heterocycles. The van der Waals surface area contributed by atoms with Gasteiger partial charge in [0.05, 0.1) is 12.8 Å². The van der Waals surface area contributed by atoms with E-state index in [9.17, 15) is 9.18 Å². The van der Waals surface area contributed by atoms with Gasteiger partial charge in [0.15, 0.2) is 11.6 Å². The fraction of sp³-hybridized carbons (Fsp3) is 0.474. The van der Waals surface area contributed by atoms with E-state index in [-0.39, 0.29) is 23.1 Å². The first-order valence-electron chi connectivity index (χ1n) is 8.49. The van der Waals surface area contributed by atoms with Gasteiger partial charge in [-0.25, -0.2) is 9.37 Å². The van der Waals surface area contributed by atoms with Crippen LogP contribution in [0, 0.1) is 5.82 Å². The highest BCUT2D eigenvalue weighted by atomic mass is 19.1. The molecule has 5 nitrogen and oxygen atoms in total. The highest BCUT2D eigenvalue weighted by Crippen LogP contribution is 2.24. The fourth-order valence-corrected chi connectivity index (χ4v) is 3.00. The maximum absolute atomic E-state index is 13.8. The smallest absolute Gasteiger partial charge is 0.251 e. The third-order valence-corrected chi connectivity index (χ3v) is 4.51. The van der Waals surface area contributed by atoms with Crippen LogP contribution in [0.3, 0.4) is 0 Å². The summed E-state index contributed by atoms with van der Waals surface area (Å²) in [4.78, 5) is 17.1. The molecule has 25 heavy (non-hydrogen) atoms. The molecule has 0 spiro atoms. The van der Waals surface area contributed by atoms with Crippen molar-refractivity contribution in [3.63, 3.8) is 0 Å². The Morgan fingerprint density at radius 3 is 2.80 bits per heavy atom. The molecule has 1 N–H and O–H groups in total. The normalized spacial score (nSPS) is 17.1. The summed E-state index contributed by atoms with van der Waals surface area (Å²) in [5, 5.41) is 2.99. The minimum Gasteiger partial charge on any atom is -0.494 e. The number of fused-ring (bicyclic) bond motifs is 1. The lowest BCUT2D eigenvalue weighted by Crippen LogP contribution is -2.40. The van der Waals surface area contributed by atoms with Crippen molar-refractivity contribution in [1.82, 2.24) is 14.9 Å². The number of benzene rings is 1. The Hall–Kier alpha value is -2.37. The van der Waals surface area contributed by atoms with Crippen LogP contribution in [-0.4, -0.2) is 28.6 Å². The maximum atomic E-state index is 13.8. The number of nitrogens with one attached hydrogen (secondary N) is 1. The Bertz CT molecular complexity index is 792. The number of ether oxygens (including phenoxy) is 1. The lowest BCUT2D eigenvalue weighted by atomic mass is 9.93. The Morgan fingerprint density at radius 2 is 2.16 bits per heavy atom. The van der Waals surface area contributed by atoms with Crippen LogP contribution in [0.5, 0.6) is 5.75 Å². The van der Waals surface area contributed by atoms with E-state index in [2.05, 4.69) is 36.9 Å². The van der Waals surface area contributed by atoms with E-state index in [0.717, 1.165) is 24.4 Å². The van der Waals surface area contributed by atoms with Gasteiger partial charge in [0, 0.05) is 36.2 Å². The average molecular weight is 345 g/mol. The monoisotopic (exact) mass is 345 g/mol. The molecule has 0 unspecified atom stereocenters. The number of imidazole rings is 1.